The highest BCUT2D eigenvalue weighted by atomic mass is 19.1. The van der Waals surface area contributed by atoms with Crippen molar-refractivity contribution >= 4 is 0 Å². The van der Waals surface area contributed by atoms with E-state index in [1.165, 1.54) is 6.07 Å². The summed E-state index contributed by atoms with van der Waals surface area (Å²) in [7, 11) is 2.03. The van der Waals surface area contributed by atoms with E-state index in [-0.39, 0.29) is 11.9 Å². The van der Waals surface area contributed by atoms with E-state index in [0.717, 1.165) is 31.0 Å². The molecule has 26 heavy (non-hydrogen) atoms. The quantitative estimate of drug-likeness (QED) is 0.776. The Morgan fingerprint density at radius 3 is 2.81 bits per heavy atom. The maximum absolute atomic E-state index is 14.7. The fourth-order valence-electron chi connectivity index (χ4n) is 3.27. The highest BCUT2D eigenvalue weighted by molar-refractivity contribution is 5.56. The fraction of sp³-hybridized carbons (Fsp3) is 0.389. The van der Waals surface area contributed by atoms with Gasteiger partial charge < -0.3 is 9.84 Å². The minimum absolute atomic E-state index is 0.0556. The lowest BCUT2D eigenvalue weighted by molar-refractivity contribution is 0.190. The average Bonchev–Trinajstić information content (AvgIpc) is 3.22. The summed E-state index contributed by atoms with van der Waals surface area (Å²) < 4.78 is 21.6. The predicted molar refractivity (Wildman–Crippen MR) is 94.5 cm³/mol. The number of rotatable bonds is 3. The van der Waals surface area contributed by atoms with Crippen LogP contribution in [0.2, 0.25) is 0 Å². The van der Waals surface area contributed by atoms with E-state index in [0.29, 0.717) is 23.0 Å². The van der Waals surface area contributed by atoms with E-state index >= 15 is 0 Å². The second kappa shape index (κ2) is 6.62. The number of hydrogen-bond acceptors (Lipinski definition) is 6. The molecule has 0 saturated carbocycles. The highest BCUT2D eigenvalue weighted by Gasteiger charge is 2.25. The summed E-state index contributed by atoms with van der Waals surface area (Å²) in [6.07, 6.45) is 0. The number of likely N-dealkylation sites (N-methyl/N-ethyl adjacent to an activating group) is 1. The van der Waals surface area contributed by atoms with Crippen LogP contribution in [0.1, 0.15) is 23.3 Å². The lowest BCUT2D eigenvalue weighted by Crippen LogP contribution is -2.44. The highest BCUT2D eigenvalue weighted by Crippen LogP contribution is 2.25. The molecule has 3 heterocycles. The summed E-state index contributed by atoms with van der Waals surface area (Å²) in [5.74, 6) is 0.542. The lowest BCUT2D eigenvalue weighted by atomic mass is 10.2. The minimum Gasteiger partial charge on any atom is -0.334 e. The van der Waals surface area contributed by atoms with Crippen molar-refractivity contribution in [1.82, 2.24) is 30.1 Å². The first-order valence-corrected chi connectivity index (χ1v) is 8.61. The van der Waals surface area contributed by atoms with Crippen molar-refractivity contribution < 1.29 is 8.91 Å². The van der Waals surface area contributed by atoms with Crippen LogP contribution in [0.15, 0.2) is 28.8 Å². The summed E-state index contributed by atoms with van der Waals surface area (Å²) in [4.78, 5) is 6.65. The molecule has 0 spiro atoms. The predicted octanol–water partition coefficient (Wildman–Crippen LogP) is 2.25. The van der Waals surface area contributed by atoms with Crippen LogP contribution in [0.4, 0.5) is 4.39 Å². The second-order valence-corrected chi connectivity index (χ2v) is 6.66. The smallest absolute Gasteiger partial charge is 0.258 e. The van der Waals surface area contributed by atoms with Gasteiger partial charge in [0.25, 0.3) is 5.89 Å². The number of nitrogens with zero attached hydrogens (tertiary/aromatic N) is 5. The number of hydrogen-bond donors (Lipinski definition) is 1. The minimum atomic E-state index is -0.384. The van der Waals surface area contributed by atoms with Crippen molar-refractivity contribution in [2.24, 2.45) is 0 Å². The van der Waals surface area contributed by atoms with Crippen molar-refractivity contribution in [2.75, 3.05) is 26.7 Å². The molecule has 0 radical (unpaired) electrons. The van der Waals surface area contributed by atoms with Crippen molar-refractivity contribution in [1.29, 1.82) is 0 Å². The molecule has 1 fully saturated rings. The van der Waals surface area contributed by atoms with Crippen molar-refractivity contribution in [3.63, 3.8) is 0 Å². The standard InChI is InChI=1S/C18H21FN6O/c1-11-8-12(2)25(22-11)15-5-4-13(9-14(15)19)18-21-17(23-26-18)16-10-20-6-7-24(16)3/h4-5,8-9,16,20H,6-7,10H2,1-3H3. The Balaban J connectivity index is 1.63. The zero-order valence-electron chi connectivity index (χ0n) is 15.0. The van der Waals surface area contributed by atoms with Gasteiger partial charge in [0.2, 0.25) is 0 Å². The zero-order chi connectivity index (χ0) is 18.3. The van der Waals surface area contributed by atoms with Gasteiger partial charge in [0.05, 0.1) is 11.7 Å². The van der Waals surface area contributed by atoms with Gasteiger partial charge in [0, 0.05) is 30.9 Å². The van der Waals surface area contributed by atoms with E-state index in [9.17, 15) is 4.39 Å². The third-order valence-electron chi connectivity index (χ3n) is 4.68. The summed E-state index contributed by atoms with van der Waals surface area (Å²) in [6, 6.07) is 6.83. The van der Waals surface area contributed by atoms with Gasteiger partial charge in [-0.1, -0.05) is 5.16 Å². The molecule has 1 atom stereocenters. The number of piperazine rings is 1. The third-order valence-corrected chi connectivity index (χ3v) is 4.68. The van der Waals surface area contributed by atoms with Crippen LogP contribution in [0.5, 0.6) is 0 Å². The summed E-state index contributed by atoms with van der Waals surface area (Å²) in [6.45, 7) is 6.40. The topological polar surface area (TPSA) is 72.0 Å². The van der Waals surface area contributed by atoms with Crippen LogP contribution in [0.25, 0.3) is 17.1 Å². The SMILES string of the molecule is Cc1cc(C)n(-c2ccc(-c3nc(C4CNCCN4C)no3)cc2F)n1. The first-order chi connectivity index (χ1) is 12.5. The van der Waals surface area contributed by atoms with Gasteiger partial charge >= 0.3 is 0 Å². The lowest BCUT2D eigenvalue weighted by Gasteiger charge is -2.30. The van der Waals surface area contributed by atoms with Gasteiger partial charge in [-0.2, -0.15) is 10.1 Å². The molecule has 8 heteroatoms. The van der Waals surface area contributed by atoms with Gasteiger partial charge in [-0.3, -0.25) is 4.90 Å². The van der Waals surface area contributed by atoms with E-state index < -0.39 is 0 Å². The fourth-order valence-corrected chi connectivity index (χ4v) is 3.27. The Bertz CT molecular complexity index is 934. The molecular weight excluding hydrogens is 335 g/mol. The molecule has 0 amide bonds. The van der Waals surface area contributed by atoms with Crippen LogP contribution in [-0.2, 0) is 0 Å². The van der Waals surface area contributed by atoms with E-state index in [1.54, 1.807) is 16.8 Å². The molecule has 0 aliphatic carbocycles. The zero-order valence-corrected chi connectivity index (χ0v) is 15.0. The molecule has 0 bridgehead atoms. The summed E-state index contributed by atoms with van der Waals surface area (Å²) in [5.41, 5.74) is 2.67. The average molecular weight is 356 g/mol. The molecule has 1 saturated heterocycles. The number of nitrogens with one attached hydrogen (secondary N) is 1. The monoisotopic (exact) mass is 356 g/mol. The number of aromatic nitrogens is 4. The molecular formula is C18H21FN6O. The first-order valence-electron chi connectivity index (χ1n) is 8.61. The van der Waals surface area contributed by atoms with Crippen LogP contribution in [0, 0.1) is 19.7 Å². The molecule has 1 aromatic carbocycles. The third kappa shape index (κ3) is 3.02. The summed E-state index contributed by atoms with van der Waals surface area (Å²) in [5, 5.41) is 11.7. The first kappa shape index (κ1) is 16.9. The molecule has 1 unspecified atom stereocenters. The van der Waals surface area contributed by atoms with Gasteiger partial charge in [0.15, 0.2) is 5.82 Å². The molecule has 2 aromatic heterocycles. The Labute approximate surface area is 150 Å². The maximum atomic E-state index is 14.7. The Hall–Kier alpha value is -2.58. The summed E-state index contributed by atoms with van der Waals surface area (Å²) >= 11 is 0. The molecule has 4 rings (SSSR count). The van der Waals surface area contributed by atoms with Crippen LogP contribution in [-0.4, -0.2) is 51.5 Å². The molecule has 1 aliphatic rings. The van der Waals surface area contributed by atoms with Gasteiger partial charge in [0.1, 0.15) is 11.5 Å². The van der Waals surface area contributed by atoms with Crippen LogP contribution in [0.3, 0.4) is 0 Å². The molecule has 3 aromatic rings. The Morgan fingerprint density at radius 2 is 2.12 bits per heavy atom. The van der Waals surface area contributed by atoms with Crippen molar-refractivity contribution in [3.05, 3.63) is 47.3 Å². The van der Waals surface area contributed by atoms with Crippen LogP contribution < -0.4 is 5.32 Å². The molecule has 136 valence electrons. The van der Waals surface area contributed by atoms with Crippen molar-refractivity contribution in [3.8, 4) is 17.1 Å². The largest absolute Gasteiger partial charge is 0.334 e. The van der Waals surface area contributed by atoms with Gasteiger partial charge in [-0.25, -0.2) is 9.07 Å². The van der Waals surface area contributed by atoms with Crippen molar-refractivity contribution in [2.45, 2.75) is 19.9 Å². The molecule has 1 aliphatic heterocycles. The maximum Gasteiger partial charge on any atom is 0.258 e. The normalized spacial score (nSPS) is 18.4. The van der Waals surface area contributed by atoms with Gasteiger partial charge in [-0.05, 0) is 45.2 Å². The number of aryl methyl sites for hydroxylation is 2. The number of benzene rings is 1. The van der Waals surface area contributed by atoms with Crippen LogP contribution >= 0.6 is 0 Å². The van der Waals surface area contributed by atoms with Gasteiger partial charge in [-0.15, -0.1) is 0 Å². The number of halogens is 1. The van der Waals surface area contributed by atoms with E-state index in [1.807, 2.05) is 27.0 Å². The molecule has 1 N–H and O–H groups in total. The second-order valence-electron chi connectivity index (χ2n) is 6.66. The Morgan fingerprint density at radius 1 is 1.27 bits per heavy atom. The van der Waals surface area contributed by atoms with E-state index in [2.05, 4.69) is 25.5 Å². The molecule has 7 nitrogen and oxygen atoms in total. The Kier molecular flexibility index (Phi) is 4.29. The van der Waals surface area contributed by atoms with E-state index in [4.69, 9.17) is 4.52 Å².